The summed E-state index contributed by atoms with van der Waals surface area (Å²) in [6, 6.07) is 3.58. The standard InChI is InChI=1S/C20H31N5O2/c1-6-7-9-18(26)24(5)20-15(2)22-17-11-10-16(14-25(17)20)19(27)21-12-8-13-23(3)4/h10-11,14H,6-9,12-13H2,1-5H3,(H,21,27). The molecule has 0 saturated carbocycles. The van der Waals surface area contributed by atoms with Crippen molar-refractivity contribution in [2.75, 3.05) is 39.1 Å². The van der Waals surface area contributed by atoms with Crippen LogP contribution in [0.4, 0.5) is 5.82 Å². The van der Waals surface area contributed by atoms with E-state index in [2.05, 4.69) is 22.1 Å². The van der Waals surface area contributed by atoms with E-state index in [-0.39, 0.29) is 11.8 Å². The van der Waals surface area contributed by atoms with Gasteiger partial charge in [0.15, 0.2) is 0 Å². The lowest BCUT2D eigenvalue weighted by Gasteiger charge is -2.18. The Morgan fingerprint density at radius 2 is 1.93 bits per heavy atom. The molecule has 7 nitrogen and oxygen atoms in total. The monoisotopic (exact) mass is 373 g/mol. The van der Waals surface area contributed by atoms with E-state index in [1.165, 1.54) is 0 Å². The van der Waals surface area contributed by atoms with Crippen LogP contribution in [0.25, 0.3) is 5.65 Å². The highest BCUT2D eigenvalue weighted by molar-refractivity contribution is 5.95. The number of amides is 2. The number of aryl methyl sites for hydroxylation is 1. The second-order valence-corrected chi connectivity index (χ2v) is 7.14. The van der Waals surface area contributed by atoms with Crippen molar-refractivity contribution < 1.29 is 9.59 Å². The summed E-state index contributed by atoms with van der Waals surface area (Å²) in [5.41, 5.74) is 2.05. The van der Waals surface area contributed by atoms with Gasteiger partial charge < -0.3 is 10.2 Å². The van der Waals surface area contributed by atoms with E-state index in [1.54, 1.807) is 24.2 Å². The van der Waals surface area contributed by atoms with Gasteiger partial charge in [-0.15, -0.1) is 0 Å². The SMILES string of the molecule is CCCCC(=O)N(C)c1c(C)nc2ccc(C(=O)NCCCN(C)C)cn12. The summed E-state index contributed by atoms with van der Waals surface area (Å²) < 4.78 is 1.83. The zero-order valence-electron chi connectivity index (χ0n) is 17.1. The quantitative estimate of drug-likeness (QED) is 0.686. The molecule has 0 bridgehead atoms. The largest absolute Gasteiger partial charge is 0.352 e. The van der Waals surface area contributed by atoms with Crippen LogP contribution in [0, 0.1) is 6.92 Å². The van der Waals surface area contributed by atoms with E-state index in [0.717, 1.165) is 37.1 Å². The predicted molar refractivity (Wildman–Crippen MR) is 108 cm³/mol. The Kier molecular flexibility index (Phi) is 7.36. The third-order valence-electron chi connectivity index (χ3n) is 4.53. The lowest BCUT2D eigenvalue weighted by Crippen LogP contribution is -2.28. The van der Waals surface area contributed by atoms with Crippen LogP contribution in [0.15, 0.2) is 18.3 Å². The van der Waals surface area contributed by atoms with Gasteiger partial charge >= 0.3 is 0 Å². The van der Waals surface area contributed by atoms with Crippen molar-refractivity contribution in [3.8, 4) is 0 Å². The zero-order chi connectivity index (χ0) is 20.0. The minimum Gasteiger partial charge on any atom is -0.352 e. The number of imidazole rings is 1. The molecule has 0 radical (unpaired) electrons. The molecule has 0 aliphatic heterocycles. The number of hydrogen-bond donors (Lipinski definition) is 1. The molecule has 1 N–H and O–H groups in total. The number of hydrogen-bond acceptors (Lipinski definition) is 4. The van der Waals surface area contributed by atoms with E-state index in [1.807, 2.05) is 31.5 Å². The second kappa shape index (κ2) is 9.50. The van der Waals surface area contributed by atoms with E-state index >= 15 is 0 Å². The summed E-state index contributed by atoms with van der Waals surface area (Å²) in [5, 5.41) is 2.95. The second-order valence-electron chi connectivity index (χ2n) is 7.14. The number of carbonyl (C=O) groups is 2. The van der Waals surface area contributed by atoms with Crippen molar-refractivity contribution in [2.24, 2.45) is 0 Å². The Hall–Kier alpha value is -2.41. The van der Waals surface area contributed by atoms with Gasteiger partial charge in [0.2, 0.25) is 5.91 Å². The number of fused-ring (bicyclic) bond motifs is 1. The molecule has 0 saturated heterocycles. The van der Waals surface area contributed by atoms with Crippen molar-refractivity contribution in [2.45, 2.75) is 39.5 Å². The Bertz CT molecular complexity index is 797. The maximum atomic E-state index is 12.5. The van der Waals surface area contributed by atoms with Crippen LogP contribution >= 0.6 is 0 Å². The molecule has 0 aliphatic carbocycles. The molecule has 2 heterocycles. The molecule has 0 spiro atoms. The third kappa shape index (κ3) is 5.29. The third-order valence-corrected chi connectivity index (χ3v) is 4.53. The van der Waals surface area contributed by atoms with Gasteiger partial charge in [0, 0.05) is 26.2 Å². The van der Waals surface area contributed by atoms with E-state index in [0.29, 0.717) is 24.3 Å². The zero-order valence-corrected chi connectivity index (χ0v) is 17.1. The Morgan fingerprint density at radius 3 is 2.59 bits per heavy atom. The molecule has 2 aromatic rings. The van der Waals surface area contributed by atoms with Gasteiger partial charge in [-0.05, 0) is 52.5 Å². The first-order chi connectivity index (χ1) is 12.8. The molecule has 0 atom stereocenters. The van der Waals surface area contributed by atoms with Gasteiger partial charge in [-0.2, -0.15) is 0 Å². The van der Waals surface area contributed by atoms with Gasteiger partial charge in [0.05, 0.1) is 11.3 Å². The molecular formula is C20H31N5O2. The van der Waals surface area contributed by atoms with Gasteiger partial charge in [0.1, 0.15) is 11.5 Å². The highest BCUT2D eigenvalue weighted by atomic mass is 16.2. The summed E-state index contributed by atoms with van der Waals surface area (Å²) in [4.78, 5) is 33.2. The number of pyridine rings is 1. The number of rotatable bonds is 9. The lowest BCUT2D eigenvalue weighted by atomic mass is 10.2. The molecule has 7 heteroatoms. The van der Waals surface area contributed by atoms with Crippen LogP contribution in [0.2, 0.25) is 0 Å². The number of nitrogens with one attached hydrogen (secondary N) is 1. The maximum absolute atomic E-state index is 12.5. The van der Waals surface area contributed by atoms with Crippen molar-refractivity contribution in [1.82, 2.24) is 19.6 Å². The lowest BCUT2D eigenvalue weighted by molar-refractivity contribution is -0.118. The maximum Gasteiger partial charge on any atom is 0.252 e. The van der Waals surface area contributed by atoms with Crippen LogP contribution < -0.4 is 10.2 Å². The number of unbranched alkanes of at least 4 members (excludes halogenated alkanes) is 1. The van der Waals surface area contributed by atoms with Crippen LogP contribution in [-0.4, -0.2) is 60.3 Å². The first kappa shape index (κ1) is 20.9. The number of carbonyl (C=O) groups excluding carboxylic acids is 2. The normalized spacial score (nSPS) is 11.2. The predicted octanol–water partition coefficient (Wildman–Crippen LogP) is 2.48. The topological polar surface area (TPSA) is 70.0 Å². The highest BCUT2D eigenvalue weighted by Crippen LogP contribution is 2.22. The van der Waals surface area contributed by atoms with Crippen molar-refractivity contribution in [3.63, 3.8) is 0 Å². The minimum atomic E-state index is -0.118. The first-order valence-electron chi connectivity index (χ1n) is 9.53. The van der Waals surface area contributed by atoms with E-state index in [4.69, 9.17) is 0 Å². The summed E-state index contributed by atoms with van der Waals surface area (Å²) in [6.45, 7) is 5.50. The fourth-order valence-corrected chi connectivity index (χ4v) is 3.00. The summed E-state index contributed by atoms with van der Waals surface area (Å²) in [7, 11) is 5.79. The van der Waals surface area contributed by atoms with Crippen molar-refractivity contribution in [3.05, 3.63) is 29.6 Å². The fourth-order valence-electron chi connectivity index (χ4n) is 3.00. The van der Waals surface area contributed by atoms with Gasteiger partial charge in [-0.3, -0.25) is 18.9 Å². The number of aromatic nitrogens is 2. The number of nitrogens with zero attached hydrogens (tertiary/aromatic N) is 4. The molecule has 0 unspecified atom stereocenters. The fraction of sp³-hybridized carbons (Fsp3) is 0.550. The Balaban J connectivity index is 2.20. The molecule has 148 valence electrons. The first-order valence-corrected chi connectivity index (χ1v) is 9.53. The van der Waals surface area contributed by atoms with Crippen LogP contribution in [-0.2, 0) is 4.79 Å². The molecule has 27 heavy (non-hydrogen) atoms. The summed E-state index contributed by atoms with van der Waals surface area (Å²) >= 11 is 0. The molecule has 0 aromatic carbocycles. The van der Waals surface area contributed by atoms with Gasteiger partial charge in [0.25, 0.3) is 5.91 Å². The average molecular weight is 374 g/mol. The Labute approximate surface area is 161 Å². The molecule has 2 amide bonds. The van der Waals surface area contributed by atoms with Crippen LogP contribution in [0.3, 0.4) is 0 Å². The van der Waals surface area contributed by atoms with E-state index in [9.17, 15) is 9.59 Å². The Morgan fingerprint density at radius 1 is 1.19 bits per heavy atom. The van der Waals surface area contributed by atoms with Gasteiger partial charge in [-0.25, -0.2) is 4.98 Å². The molecule has 0 aliphatic rings. The van der Waals surface area contributed by atoms with Crippen LogP contribution in [0.5, 0.6) is 0 Å². The highest BCUT2D eigenvalue weighted by Gasteiger charge is 2.19. The van der Waals surface area contributed by atoms with Gasteiger partial charge in [-0.1, -0.05) is 13.3 Å². The summed E-state index contributed by atoms with van der Waals surface area (Å²) in [5.74, 6) is 0.654. The molecular weight excluding hydrogens is 342 g/mol. The smallest absolute Gasteiger partial charge is 0.252 e. The van der Waals surface area contributed by atoms with E-state index < -0.39 is 0 Å². The summed E-state index contributed by atoms with van der Waals surface area (Å²) in [6.07, 6.45) is 5.00. The van der Waals surface area contributed by atoms with Crippen LogP contribution in [0.1, 0.15) is 48.7 Å². The number of anilines is 1. The molecule has 2 aromatic heterocycles. The molecule has 2 rings (SSSR count). The van der Waals surface area contributed by atoms with Crippen molar-refractivity contribution >= 4 is 23.3 Å². The minimum absolute atomic E-state index is 0.0558. The molecule has 0 fully saturated rings. The van der Waals surface area contributed by atoms with Crippen molar-refractivity contribution in [1.29, 1.82) is 0 Å². The average Bonchev–Trinajstić information content (AvgIpc) is 2.97.